The van der Waals surface area contributed by atoms with Crippen LogP contribution in [0.1, 0.15) is 201 Å². The van der Waals surface area contributed by atoms with Crippen LogP contribution in [-0.4, -0.2) is 66.5 Å². The number of phosphoric acid groups is 1. The van der Waals surface area contributed by atoms with Gasteiger partial charge in [-0.3, -0.25) is 23.4 Å². The number of rotatable bonds is 52. The van der Waals surface area contributed by atoms with Crippen LogP contribution in [0.2, 0.25) is 0 Å². The summed E-state index contributed by atoms with van der Waals surface area (Å²) in [4.78, 5) is 48.5. The first kappa shape index (κ1) is 73.1. The number of phosphoric ester groups is 1. The zero-order valence-corrected chi connectivity index (χ0v) is 49.2. The van der Waals surface area contributed by atoms with Gasteiger partial charge < -0.3 is 24.2 Å². The van der Waals surface area contributed by atoms with Gasteiger partial charge in [0.05, 0.1) is 19.8 Å². The normalized spacial score (nSPS) is 14.5. The molecule has 0 aromatic heterocycles. The zero-order chi connectivity index (χ0) is 56.9. The van der Waals surface area contributed by atoms with E-state index in [2.05, 4.69) is 154 Å². The molecule has 0 aromatic rings. The van der Waals surface area contributed by atoms with Crippen LogP contribution >= 0.6 is 7.82 Å². The first-order valence-corrected chi connectivity index (χ1v) is 30.9. The number of aliphatic hydroxyl groups is 1. The molecule has 0 saturated carbocycles. The van der Waals surface area contributed by atoms with E-state index in [-0.39, 0.29) is 25.9 Å². The van der Waals surface area contributed by atoms with Gasteiger partial charge >= 0.3 is 25.7 Å². The lowest BCUT2D eigenvalue weighted by atomic mass is 10.1. The highest BCUT2D eigenvalue weighted by Gasteiger charge is 2.28. The third-order valence-electron chi connectivity index (χ3n) is 11.4. The van der Waals surface area contributed by atoms with Crippen molar-refractivity contribution in [2.24, 2.45) is 0 Å². The predicted molar refractivity (Wildman–Crippen MR) is 325 cm³/mol. The SMILES string of the molecule is CC/C=C\C/C=C\C/C=C\C/C=C\C/C=C\C/C=C\CCC(=O)OC(COC(=O)CCCCCCC/C=C\C/C=C\CCCCC)COP(=O)(O)OCC(CO)OC(=O)CCC/C=C\C/C=C\C/C=C\C/C=C\C/C=C\CC. The molecule has 0 fully saturated rings. The second-order valence-electron chi connectivity index (χ2n) is 18.7. The van der Waals surface area contributed by atoms with Crippen molar-refractivity contribution in [2.75, 3.05) is 26.4 Å². The number of allylic oxidation sites excluding steroid dienone is 26. The van der Waals surface area contributed by atoms with Crippen LogP contribution in [0.15, 0.2) is 158 Å². The number of carbonyl (C=O) groups is 3. The number of esters is 3. The molecule has 0 heterocycles. The predicted octanol–water partition coefficient (Wildman–Crippen LogP) is 17.7. The van der Waals surface area contributed by atoms with Crippen molar-refractivity contribution in [3.05, 3.63) is 158 Å². The van der Waals surface area contributed by atoms with Crippen molar-refractivity contribution in [1.82, 2.24) is 0 Å². The van der Waals surface area contributed by atoms with Crippen LogP contribution in [0.5, 0.6) is 0 Å². The summed E-state index contributed by atoms with van der Waals surface area (Å²) in [7, 11) is -4.80. The van der Waals surface area contributed by atoms with Gasteiger partial charge in [0, 0.05) is 19.3 Å². The van der Waals surface area contributed by atoms with E-state index in [1.165, 1.54) is 19.3 Å². The Morgan fingerprint density at radius 2 is 0.705 bits per heavy atom. The topological polar surface area (TPSA) is 155 Å². The number of hydrogen-bond acceptors (Lipinski definition) is 10. The van der Waals surface area contributed by atoms with Crippen LogP contribution in [0.3, 0.4) is 0 Å². The van der Waals surface area contributed by atoms with Gasteiger partial charge in [0.2, 0.25) is 0 Å². The van der Waals surface area contributed by atoms with E-state index in [0.29, 0.717) is 32.1 Å². The van der Waals surface area contributed by atoms with Crippen LogP contribution in [0.25, 0.3) is 0 Å². The van der Waals surface area contributed by atoms with Gasteiger partial charge in [-0.25, -0.2) is 4.57 Å². The lowest BCUT2D eigenvalue weighted by Gasteiger charge is -2.21. The van der Waals surface area contributed by atoms with Crippen LogP contribution in [0, 0.1) is 0 Å². The monoisotopic (exact) mass is 1100 g/mol. The molecular weight excluding hydrogens is 1000 g/mol. The quantitative estimate of drug-likeness (QED) is 0.0197. The molecule has 0 radical (unpaired) electrons. The fraction of sp³-hybridized carbons (Fsp3) is 0.561. The highest BCUT2D eigenvalue weighted by Crippen LogP contribution is 2.43. The number of hydrogen-bond donors (Lipinski definition) is 2. The molecule has 11 nitrogen and oxygen atoms in total. The van der Waals surface area contributed by atoms with Gasteiger partial charge in [0.15, 0.2) is 6.10 Å². The molecule has 2 N–H and O–H groups in total. The van der Waals surface area contributed by atoms with Crippen molar-refractivity contribution in [1.29, 1.82) is 0 Å². The van der Waals surface area contributed by atoms with Gasteiger partial charge in [-0.2, -0.15) is 0 Å². The standard InChI is InChI=1S/C66H103O11P/c1-4-7-10-13-16-19-22-25-28-30-31-33-36-39-42-45-48-51-54-57-66(70)77-63(59-73-64(68)55-52-49-46-43-40-37-34-27-24-21-18-15-12-9-6-3)61-75-78(71,72)74-60-62(58-67)76-65(69)56-53-50-47-44-41-38-35-32-29-26-23-20-17-14-11-8-5-2/h7-8,10-11,16-21,25-29,31,33-35,38-39,42,44,47-48,51,62-63,67H,4-6,9,12-15,22-24,30,32,36-37,40-41,43,45-46,49-50,52-61H2,1-3H3,(H,71,72)/b10-7-,11-8-,19-16-,20-17-,21-18-,28-25-,29-26-,33-31-,34-27-,38-35-,42-39-,47-44-,51-48-. The molecule has 0 rings (SSSR count). The molecule has 0 saturated heterocycles. The molecule has 3 unspecified atom stereocenters. The third-order valence-corrected chi connectivity index (χ3v) is 12.4. The van der Waals surface area contributed by atoms with Gasteiger partial charge in [0.25, 0.3) is 0 Å². The Bertz CT molecular complexity index is 1910. The lowest BCUT2D eigenvalue weighted by molar-refractivity contribution is -0.161. The molecule has 0 aliphatic heterocycles. The van der Waals surface area contributed by atoms with Crippen molar-refractivity contribution < 1.29 is 52.2 Å². The maximum absolute atomic E-state index is 12.9. The summed E-state index contributed by atoms with van der Waals surface area (Å²) in [6, 6.07) is 0. The fourth-order valence-electron chi connectivity index (χ4n) is 7.03. The Balaban J connectivity index is 4.93. The van der Waals surface area contributed by atoms with E-state index in [9.17, 15) is 28.9 Å². The first-order valence-electron chi connectivity index (χ1n) is 29.4. The zero-order valence-electron chi connectivity index (χ0n) is 48.3. The number of unbranched alkanes of at least 4 members (excludes halogenated alkanes) is 9. The summed E-state index contributed by atoms with van der Waals surface area (Å²) in [5.74, 6) is -1.67. The molecule has 78 heavy (non-hydrogen) atoms. The van der Waals surface area contributed by atoms with Crippen LogP contribution in [0.4, 0.5) is 0 Å². The molecule has 0 spiro atoms. The summed E-state index contributed by atoms with van der Waals surface area (Å²) in [6.07, 6.45) is 76.5. The summed E-state index contributed by atoms with van der Waals surface area (Å²) >= 11 is 0. The van der Waals surface area contributed by atoms with E-state index >= 15 is 0 Å². The van der Waals surface area contributed by atoms with Gasteiger partial charge in [-0.1, -0.05) is 211 Å². The molecule has 0 aromatic carbocycles. The Kier molecular flexibility index (Phi) is 54.6. The molecule has 0 aliphatic carbocycles. The van der Waals surface area contributed by atoms with E-state index in [1.54, 1.807) is 0 Å². The second kappa shape index (κ2) is 58.3. The summed E-state index contributed by atoms with van der Waals surface area (Å²) in [6.45, 7) is 4.20. The van der Waals surface area contributed by atoms with Crippen LogP contribution < -0.4 is 0 Å². The fourth-order valence-corrected chi connectivity index (χ4v) is 7.82. The van der Waals surface area contributed by atoms with Gasteiger partial charge in [0.1, 0.15) is 12.7 Å². The highest BCUT2D eigenvalue weighted by atomic mass is 31.2. The number of aliphatic hydroxyl groups excluding tert-OH is 1. The average Bonchev–Trinajstić information content (AvgIpc) is 3.43. The van der Waals surface area contributed by atoms with Crippen LogP contribution in [-0.2, 0) is 42.2 Å². The lowest BCUT2D eigenvalue weighted by Crippen LogP contribution is -2.30. The Labute approximate surface area is 473 Å². The van der Waals surface area contributed by atoms with Crippen molar-refractivity contribution in [3.8, 4) is 0 Å². The van der Waals surface area contributed by atoms with Crippen molar-refractivity contribution in [2.45, 2.75) is 213 Å². The van der Waals surface area contributed by atoms with E-state index in [0.717, 1.165) is 109 Å². The maximum Gasteiger partial charge on any atom is 0.472 e. The summed E-state index contributed by atoms with van der Waals surface area (Å²) in [5, 5.41) is 9.82. The second-order valence-corrected chi connectivity index (χ2v) is 20.1. The molecular formula is C66H103O11P. The average molecular weight is 1100 g/mol. The molecule has 3 atom stereocenters. The summed E-state index contributed by atoms with van der Waals surface area (Å²) in [5.41, 5.74) is 0. The van der Waals surface area contributed by atoms with E-state index in [4.69, 9.17) is 23.3 Å². The number of ether oxygens (including phenoxy) is 3. The smallest absolute Gasteiger partial charge is 0.462 e. The maximum atomic E-state index is 12.9. The van der Waals surface area contributed by atoms with Crippen molar-refractivity contribution in [3.63, 3.8) is 0 Å². The minimum Gasteiger partial charge on any atom is -0.462 e. The van der Waals surface area contributed by atoms with Gasteiger partial charge in [-0.15, -0.1) is 0 Å². The molecule has 0 bridgehead atoms. The Hall–Kier alpha value is -4.90. The van der Waals surface area contributed by atoms with Crippen molar-refractivity contribution >= 4 is 25.7 Å². The highest BCUT2D eigenvalue weighted by molar-refractivity contribution is 7.47. The third kappa shape index (κ3) is 55.8. The first-order chi connectivity index (χ1) is 38.2. The Morgan fingerprint density at radius 3 is 1.14 bits per heavy atom. The molecule has 0 aliphatic rings. The molecule has 12 heteroatoms. The minimum atomic E-state index is -4.80. The number of carbonyl (C=O) groups excluding carboxylic acids is 3. The largest absolute Gasteiger partial charge is 0.472 e. The van der Waals surface area contributed by atoms with Gasteiger partial charge in [-0.05, 0) is 128 Å². The van der Waals surface area contributed by atoms with E-state index in [1.807, 2.05) is 24.3 Å². The summed E-state index contributed by atoms with van der Waals surface area (Å²) < 4.78 is 39.4. The minimum absolute atomic E-state index is 0.0255. The Morgan fingerprint density at radius 1 is 0.372 bits per heavy atom. The molecule has 0 amide bonds. The van der Waals surface area contributed by atoms with E-state index < -0.39 is 57.8 Å². The molecule has 438 valence electrons.